The molecule has 0 N–H and O–H groups in total. The third-order valence-corrected chi connectivity index (χ3v) is 11.9. The predicted octanol–water partition coefficient (Wildman–Crippen LogP) is 5.02. The maximum atomic E-state index is 12.5. The average Bonchev–Trinajstić information content (AvgIpc) is 2.77. The van der Waals surface area contributed by atoms with E-state index < -0.39 is 0 Å². The molecule has 0 spiro atoms. The van der Waals surface area contributed by atoms with Crippen molar-refractivity contribution in [2.24, 2.45) is 34.0 Å². The molecule has 6 atom stereocenters. The summed E-state index contributed by atoms with van der Waals surface area (Å²) >= 11 is 8.08. The molecule has 4 heteroatoms. The second-order valence-electron chi connectivity index (χ2n) is 9.18. The first-order valence-electron chi connectivity index (χ1n) is 9.23. The predicted molar refractivity (Wildman–Crippen MR) is 95.6 cm³/mol. The van der Waals surface area contributed by atoms with Gasteiger partial charge in [0.15, 0.2) is 0 Å². The summed E-state index contributed by atoms with van der Waals surface area (Å²) in [5, 5.41) is 0. The molecule has 23 heavy (non-hydrogen) atoms. The van der Waals surface area contributed by atoms with Crippen LogP contribution in [0, 0.1) is 34.0 Å². The molecule has 5 fully saturated rings. The van der Waals surface area contributed by atoms with E-state index in [2.05, 4.69) is 38.8 Å². The van der Waals surface area contributed by atoms with Gasteiger partial charge in [-0.2, -0.15) is 0 Å². The highest BCUT2D eigenvalue weighted by molar-refractivity contribution is 9.25. The lowest BCUT2D eigenvalue weighted by molar-refractivity contribution is -0.134. The van der Waals surface area contributed by atoms with Crippen LogP contribution in [0.4, 0.5) is 0 Å². The molecule has 2 nitrogen and oxygen atoms in total. The van der Waals surface area contributed by atoms with Crippen molar-refractivity contribution in [2.75, 3.05) is 0 Å². The molecule has 0 radical (unpaired) electrons. The molecule has 5 aliphatic rings. The van der Waals surface area contributed by atoms with Crippen molar-refractivity contribution >= 4 is 43.4 Å². The standard InChI is InChI=1S/C19H24Br2O2/c1-16-7-6-14-12(13(16)2-3-15(16)23)5-8-17-10-11(22)4-9-18(14,17)19(17,20)21/h12-14H,2-10H2,1H3/t12-,13-,14-,16-,17-,18-/m0/s1. The minimum absolute atomic E-state index is 0.0398. The summed E-state index contributed by atoms with van der Waals surface area (Å²) < 4.78 is -0.0398. The highest BCUT2D eigenvalue weighted by atomic mass is 79.9. The van der Waals surface area contributed by atoms with Gasteiger partial charge in [0.2, 0.25) is 0 Å². The monoisotopic (exact) mass is 442 g/mol. The lowest BCUT2D eigenvalue weighted by Gasteiger charge is -2.53. The first kappa shape index (κ1) is 15.5. The zero-order valence-corrected chi connectivity index (χ0v) is 16.8. The summed E-state index contributed by atoms with van der Waals surface area (Å²) in [6, 6.07) is 0. The molecule has 5 saturated carbocycles. The van der Waals surface area contributed by atoms with E-state index in [-0.39, 0.29) is 19.5 Å². The minimum Gasteiger partial charge on any atom is -0.300 e. The molecule has 126 valence electrons. The van der Waals surface area contributed by atoms with Gasteiger partial charge < -0.3 is 0 Å². The number of ketones is 2. The van der Waals surface area contributed by atoms with Gasteiger partial charge in [-0.1, -0.05) is 38.8 Å². The van der Waals surface area contributed by atoms with Gasteiger partial charge in [0.1, 0.15) is 11.6 Å². The van der Waals surface area contributed by atoms with Crippen LogP contribution in [0.1, 0.15) is 64.7 Å². The summed E-state index contributed by atoms with van der Waals surface area (Å²) in [5.74, 6) is 2.95. The number of rotatable bonds is 0. The molecule has 0 unspecified atom stereocenters. The molecule has 0 aromatic heterocycles. The number of hydrogen-bond donors (Lipinski definition) is 0. The van der Waals surface area contributed by atoms with Gasteiger partial charge in [-0.15, -0.1) is 0 Å². The van der Waals surface area contributed by atoms with Crippen molar-refractivity contribution < 1.29 is 9.59 Å². The third-order valence-electron chi connectivity index (χ3n) is 8.93. The van der Waals surface area contributed by atoms with Gasteiger partial charge in [-0.3, -0.25) is 9.59 Å². The zero-order valence-electron chi connectivity index (χ0n) is 13.7. The third kappa shape index (κ3) is 1.46. The molecule has 0 aromatic carbocycles. The van der Waals surface area contributed by atoms with E-state index in [1.54, 1.807) is 0 Å². The van der Waals surface area contributed by atoms with Gasteiger partial charge in [0, 0.05) is 35.5 Å². The van der Waals surface area contributed by atoms with Gasteiger partial charge in [0.25, 0.3) is 0 Å². The van der Waals surface area contributed by atoms with Crippen molar-refractivity contribution in [1.82, 2.24) is 0 Å². The second-order valence-corrected chi connectivity index (χ2v) is 12.6. The van der Waals surface area contributed by atoms with E-state index in [0.717, 1.165) is 44.9 Å². The quantitative estimate of drug-likeness (QED) is 0.492. The number of alkyl halides is 2. The van der Waals surface area contributed by atoms with Crippen LogP contribution in [0.2, 0.25) is 0 Å². The Morgan fingerprint density at radius 1 is 0.957 bits per heavy atom. The van der Waals surface area contributed by atoms with Crippen LogP contribution in [0.5, 0.6) is 0 Å². The van der Waals surface area contributed by atoms with Crippen LogP contribution in [0.15, 0.2) is 0 Å². The number of carbonyl (C=O) groups excluding carboxylic acids is 2. The maximum absolute atomic E-state index is 12.5. The number of carbonyl (C=O) groups is 2. The summed E-state index contributed by atoms with van der Waals surface area (Å²) in [6.07, 6.45) is 9.07. The largest absolute Gasteiger partial charge is 0.300 e. The van der Waals surface area contributed by atoms with E-state index in [0.29, 0.717) is 29.3 Å². The molecular weight excluding hydrogens is 420 g/mol. The van der Waals surface area contributed by atoms with Crippen LogP contribution < -0.4 is 0 Å². The zero-order chi connectivity index (χ0) is 16.3. The molecule has 0 bridgehead atoms. The van der Waals surface area contributed by atoms with E-state index in [1.807, 2.05) is 0 Å². The number of hydrogen-bond acceptors (Lipinski definition) is 2. The highest BCUT2D eigenvalue weighted by Crippen LogP contribution is 2.92. The number of halogens is 2. The van der Waals surface area contributed by atoms with Crippen molar-refractivity contribution in [3.05, 3.63) is 0 Å². The maximum Gasteiger partial charge on any atom is 0.139 e. The topological polar surface area (TPSA) is 34.1 Å². The lowest BCUT2D eigenvalue weighted by Crippen LogP contribution is -2.49. The average molecular weight is 444 g/mol. The van der Waals surface area contributed by atoms with E-state index in [1.165, 1.54) is 12.8 Å². The van der Waals surface area contributed by atoms with E-state index >= 15 is 0 Å². The fraction of sp³-hybridized carbons (Fsp3) is 0.895. The van der Waals surface area contributed by atoms with Gasteiger partial charge in [-0.25, -0.2) is 0 Å². The Morgan fingerprint density at radius 3 is 2.52 bits per heavy atom. The summed E-state index contributed by atoms with van der Waals surface area (Å²) in [7, 11) is 0. The smallest absolute Gasteiger partial charge is 0.139 e. The molecule has 0 saturated heterocycles. The summed E-state index contributed by atoms with van der Waals surface area (Å²) in [5.41, 5.74) is 0.356. The van der Waals surface area contributed by atoms with Gasteiger partial charge >= 0.3 is 0 Å². The van der Waals surface area contributed by atoms with Gasteiger partial charge in [0.05, 0.1) is 3.23 Å². The fourth-order valence-corrected chi connectivity index (χ4v) is 10.8. The molecule has 0 heterocycles. The fourth-order valence-electron chi connectivity index (χ4n) is 7.85. The Labute approximate surface area is 154 Å². The first-order valence-corrected chi connectivity index (χ1v) is 10.8. The normalized spacial score (nSPS) is 56.4. The van der Waals surface area contributed by atoms with Crippen molar-refractivity contribution in [3.63, 3.8) is 0 Å². The lowest BCUT2D eigenvalue weighted by atomic mass is 9.50. The Bertz CT molecular complexity index is 629. The molecule has 0 aliphatic heterocycles. The molecule has 0 aromatic rings. The first-order chi connectivity index (χ1) is 10.8. The number of fused-ring (bicyclic) bond motifs is 3. The summed E-state index contributed by atoms with van der Waals surface area (Å²) in [6.45, 7) is 2.25. The molecule has 5 aliphatic carbocycles. The molecule has 5 rings (SSSR count). The SMILES string of the molecule is C[C@]12CC[C@H]3[C@@H](CC[C@]45CC(=O)CC[C@]34C5(Br)Br)[C@@H]1CCC2=O. The van der Waals surface area contributed by atoms with Crippen molar-refractivity contribution in [2.45, 2.75) is 67.9 Å². The second kappa shape index (κ2) is 4.34. The van der Waals surface area contributed by atoms with Crippen molar-refractivity contribution in [3.8, 4) is 0 Å². The van der Waals surface area contributed by atoms with Crippen LogP contribution >= 0.6 is 31.9 Å². The van der Waals surface area contributed by atoms with Crippen LogP contribution in [0.25, 0.3) is 0 Å². The Kier molecular flexibility index (Phi) is 2.93. The molecule has 0 amide bonds. The highest BCUT2D eigenvalue weighted by Gasteiger charge is 2.89. The Morgan fingerprint density at radius 2 is 1.74 bits per heavy atom. The molecular formula is C19H24Br2O2. The minimum atomic E-state index is -0.0432. The Hall–Kier alpha value is 0.300. The summed E-state index contributed by atoms with van der Waals surface area (Å²) in [4.78, 5) is 24.7. The van der Waals surface area contributed by atoms with Crippen LogP contribution in [-0.2, 0) is 9.59 Å². The van der Waals surface area contributed by atoms with E-state index in [4.69, 9.17) is 0 Å². The van der Waals surface area contributed by atoms with Crippen LogP contribution in [0.3, 0.4) is 0 Å². The van der Waals surface area contributed by atoms with Crippen LogP contribution in [-0.4, -0.2) is 14.8 Å². The number of Topliss-reactive ketones (excluding diaryl/α,β-unsaturated/α-hetero) is 2. The van der Waals surface area contributed by atoms with Crippen molar-refractivity contribution in [1.29, 1.82) is 0 Å². The van der Waals surface area contributed by atoms with Gasteiger partial charge in [-0.05, 0) is 56.3 Å². The van der Waals surface area contributed by atoms with E-state index in [9.17, 15) is 9.59 Å². The Balaban J connectivity index is 1.56.